The van der Waals surface area contributed by atoms with Gasteiger partial charge in [0.2, 0.25) is 0 Å². The Morgan fingerprint density at radius 1 is 1.00 bits per heavy atom. The molecule has 0 atom stereocenters. The predicted octanol–water partition coefficient (Wildman–Crippen LogP) is 4.20. The average molecular weight is 269 g/mol. The third-order valence-electron chi connectivity index (χ3n) is 3.17. The molecule has 0 bridgehead atoms. The third-order valence-corrected chi connectivity index (χ3v) is 4.39. The van der Waals surface area contributed by atoms with Gasteiger partial charge >= 0.3 is 0 Å². The minimum atomic E-state index is 0.921. The first-order valence-corrected chi connectivity index (χ1v) is 6.97. The third kappa shape index (κ3) is 2.10. The Morgan fingerprint density at radius 3 is 2.37 bits per heavy atom. The standard InChI is InChI=1S/C16H15NOS/c1-17-13-10-6-7-11-14(13)19-16(17)15(18-2)12-8-4-3-5-9-12/h3-11H,1-2H3/b16-15-. The number of rotatable bonds is 2. The first-order chi connectivity index (χ1) is 9.31. The van der Waals surface area contributed by atoms with Gasteiger partial charge in [0.1, 0.15) is 5.03 Å². The number of methoxy groups -OCH3 is 1. The zero-order valence-electron chi connectivity index (χ0n) is 11.0. The molecule has 0 amide bonds. The van der Waals surface area contributed by atoms with Crippen molar-refractivity contribution in [2.24, 2.45) is 0 Å². The van der Waals surface area contributed by atoms with E-state index in [2.05, 4.69) is 48.3 Å². The van der Waals surface area contributed by atoms with Crippen molar-refractivity contribution in [3.05, 3.63) is 65.2 Å². The second-order valence-electron chi connectivity index (χ2n) is 4.33. The minimum absolute atomic E-state index is 0.921. The van der Waals surface area contributed by atoms with Crippen LogP contribution >= 0.6 is 11.8 Å². The van der Waals surface area contributed by atoms with E-state index in [0.29, 0.717) is 0 Å². The Labute approximate surface area is 117 Å². The van der Waals surface area contributed by atoms with Crippen LogP contribution in [0.5, 0.6) is 0 Å². The van der Waals surface area contributed by atoms with Gasteiger partial charge in [0.25, 0.3) is 0 Å². The van der Waals surface area contributed by atoms with Crippen LogP contribution in [0.25, 0.3) is 5.76 Å². The van der Waals surface area contributed by atoms with Gasteiger partial charge in [-0.1, -0.05) is 54.2 Å². The zero-order chi connectivity index (χ0) is 13.2. The molecule has 0 aliphatic carbocycles. The van der Waals surface area contributed by atoms with Crippen LogP contribution in [0.4, 0.5) is 5.69 Å². The monoisotopic (exact) mass is 269 g/mol. The highest BCUT2D eigenvalue weighted by Gasteiger charge is 2.25. The summed E-state index contributed by atoms with van der Waals surface area (Å²) in [7, 11) is 3.81. The van der Waals surface area contributed by atoms with Crippen LogP contribution in [0.3, 0.4) is 0 Å². The molecule has 0 unspecified atom stereocenters. The number of thioether (sulfide) groups is 1. The second kappa shape index (κ2) is 5.02. The fourth-order valence-electron chi connectivity index (χ4n) is 2.22. The summed E-state index contributed by atoms with van der Waals surface area (Å²) < 4.78 is 5.64. The van der Waals surface area contributed by atoms with E-state index >= 15 is 0 Å². The molecule has 0 aromatic heterocycles. The highest BCUT2D eigenvalue weighted by Crippen LogP contribution is 2.47. The van der Waals surface area contributed by atoms with Crippen molar-refractivity contribution >= 4 is 23.2 Å². The lowest BCUT2D eigenvalue weighted by atomic mass is 10.2. The highest BCUT2D eigenvalue weighted by atomic mass is 32.2. The predicted molar refractivity (Wildman–Crippen MR) is 81.1 cm³/mol. The van der Waals surface area contributed by atoms with E-state index in [1.54, 1.807) is 18.9 Å². The van der Waals surface area contributed by atoms with Crippen LogP contribution in [-0.2, 0) is 4.74 Å². The summed E-state index contributed by atoms with van der Waals surface area (Å²) in [6, 6.07) is 18.6. The lowest BCUT2D eigenvalue weighted by Crippen LogP contribution is -2.12. The van der Waals surface area contributed by atoms with E-state index in [0.717, 1.165) is 16.4 Å². The van der Waals surface area contributed by atoms with E-state index in [4.69, 9.17) is 4.74 Å². The maximum absolute atomic E-state index is 5.64. The van der Waals surface area contributed by atoms with E-state index in [1.165, 1.54) is 10.6 Å². The lowest BCUT2D eigenvalue weighted by molar-refractivity contribution is 0.368. The summed E-state index contributed by atoms with van der Waals surface area (Å²) in [5.41, 5.74) is 2.33. The molecule has 1 heterocycles. The molecule has 1 aliphatic rings. The van der Waals surface area contributed by atoms with Crippen molar-refractivity contribution < 1.29 is 4.74 Å². The summed E-state index contributed by atoms with van der Waals surface area (Å²) in [5, 5.41) is 1.13. The number of benzene rings is 2. The molecule has 0 N–H and O–H groups in total. The van der Waals surface area contributed by atoms with E-state index < -0.39 is 0 Å². The van der Waals surface area contributed by atoms with Crippen LogP contribution in [0, 0.1) is 0 Å². The number of hydrogen-bond donors (Lipinski definition) is 0. The first kappa shape index (κ1) is 12.2. The Bertz CT molecular complexity index is 622. The Morgan fingerprint density at radius 2 is 1.68 bits per heavy atom. The first-order valence-electron chi connectivity index (χ1n) is 6.15. The number of para-hydroxylation sites is 1. The fraction of sp³-hybridized carbons (Fsp3) is 0.125. The maximum Gasteiger partial charge on any atom is 0.156 e. The molecule has 0 saturated heterocycles. The van der Waals surface area contributed by atoms with Crippen LogP contribution < -0.4 is 4.90 Å². The van der Waals surface area contributed by atoms with Crippen molar-refractivity contribution in [3.8, 4) is 0 Å². The Hall–Kier alpha value is -1.87. The summed E-state index contributed by atoms with van der Waals surface area (Å²) in [4.78, 5) is 3.46. The molecule has 0 radical (unpaired) electrons. The molecule has 2 aromatic carbocycles. The summed E-state index contributed by atoms with van der Waals surface area (Å²) >= 11 is 1.75. The van der Waals surface area contributed by atoms with E-state index in [1.807, 2.05) is 18.2 Å². The van der Waals surface area contributed by atoms with Gasteiger partial charge in [-0.3, -0.25) is 0 Å². The van der Waals surface area contributed by atoms with Crippen molar-refractivity contribution in [1.82, 2.24) is 0 Å². The number of ether oxygens (including phenoxy) is 1. The van der Waals surface area contributed by atoms with Crippen LogP contribution in [0.15, 0.2) is 64.5 Å². The van der Waals surface area contributed by atoms with E-state index in [-0.39, 0.29) is 0 Å². The van der Waals surface area contributed by atoms with Gasteiger partial charge < -0.3 is 9.64 Å². The van der Waals surface area contributed by atoms with Gasteiger partial charge in [-0.2, -0.15) is 0 Å². The number of anilines is 1. The molecule has 3 heteroatoms. The second-order valence-corrected chi connectivity index (χ2v) is 5.36. The largest absolute Gasteiger partial charge is 0.493 e. The quantitative estimate of drug-likeness (QED) is 0.758. The smallest absolute Gasteiger partial charge is 0.156 e. The molecule has 0 saturated carbocycles. The van der Waals surface area contributed by atoms with Gasteiger partial charge in [0, 0.05) is 17.5 Å². The highest BCUT2D eigenvalue weighted by molar-refractivity contribution is 8.04. The summed E-state index contributed by atoms with van der Waals surface area (Å²) in [5.74, 6) is 0.921. The summed E-state index contributed by atoms with van der Waals surface area (Å²) in [6.07, 6.45) is 0. The van der Waals surface area contributed by atoms with Crippen molar-refractivity contribution in [2.75, 3.05) is 19.1 Å². The van der Waals surface area contributed by atoms with E-state index in [9.17, 15) is 0 Å². The van der Waals surface area contributed by atoms with Crippen LogP contribution in [0.2, 0.25) is 0 Å². The van der Waals surface area contributed by atoms with Gasteiger partial charge in [-0.05, 0) is 12.1 Å². The molecule has 0 fully saturated rings. The molecular weight excluding hydrogens is 254 g/mol. The van der Waals surface area contributed by atoms with Crippen molar-refractivity contribution in [2.45, 2.75) is 4.90 Å². The topological polar surface area (TPSA) is 12.5 Å². The number of hydrogen-bond acceptors (Lipinski definition) is 3. The molecule has 2 aromatic rings. The Balaban J connectivity index is 2.09. The molecule has 96 valence electrons. The fourth-order valence-corrected chi connectivity index (χ4v) is 3.41. The molecule has 1 aliphatic heterocycles. The van der Waals surface area contributed by atoms with Crippen LogP contribution in [0.1, 0.15) is 5.56 Å². The lowest BCUT2D eigenvalue weighted by Gasteiger charge is -2.17. The number of fused-ring (bicyclic) bond motifs is 1. The average Bonchev–Trinajstić information content (AvgIpc) is 2.79. The SMILES string of the molecule is CO/C(=C1\Sc2ccccc2N1C)c1ccccc1. The molecule has 3 rings (SSSR count). The van der Waals surface area contributed by atoms with Gasteiger partial charge in [-0.25, -0.2) is 0 Å². The molecule has 2 nitrogen and oxygen atoms in total. The normalized spacial score (nSPS) is 16.2. The summed E-state index contributed by atoms with van der Waals surface area (Å²) in [6.45, 7) is 0. The number of nitrogens with zero attached hydrogens (tertiary/aromatic N) is 1. The molecular formula is C16H15NOS. The van der Waals surface area contributed by atoms with Gasteiger partial charge in [0.15, 0.2) is 5.76 Å². The minimum Gasteiger partial charge on any atom is -0.493 e. The van der Waals surface area contributed by atoms with Gasteiger partial charge in [-0.15, -0.1) is 0 Å². The zero-order valence-corrected chi connectivity index (χ0v) is 11.8. The molecule has 0 spiro atoms. The van der Waals surface area contributed by atoms with Crippen LogP contribution in [-0.4, -0.2) is 14.2 Å². The Kier molecular flexibility index (Phi) is 3.22. The maximum atomic E-state index is 5.64. The van der Waals surface area contributed by atoms with Crippen molar-refractivity contribution in [1.29, 1.82) is 0 Å². The van der Waals surface area contributed by atoms with Crippen molar-refractivity contribution in [3.63, 3.8) is 0 Å². The molecule has 19 heavy (non-hydrogen) atoms. The van der Waals surface area contributed by atoms with Gasteiger partial charge in [0.05, 0.1) is 12.8 Å².